The van der Waals surface area contributed by atoms with E-state index in [-0.39, 0.29) is 34.1 Å². The molecular formula is C17H21N3O6S. The van der Waals surface area contributed by atoms with E-state index >= 15 is 0 Å². The van der Waals surface area contributed by atoms with Crippen molar-refractivity contribution in [3.63, 3.8) is 0 Å². The smallest absolute Gasteiger partial charge is 0.277 e. The van der Waals surface area contributed by atoms with Crippen LogP contribution in [0, 0.1) is 0 Å². The summed E-state index contributed by atoms with van der Waals surface area (Å²) in [7, 11) is 1.79. The number of hydrogen-bond donors (Lipinski definition) is 1. The Balaban J connectivity index is 2.19. The van der Waals surface area contributed by atoms with Crippen LogP contribution in [0.15, 0.2) is 27.5 Å². The van der Waals surface area contributed by atoms with Gasteiger partial charge in [0.2, 0.25) is 5.78 Å². The first-order valence-corrected chi connectivity index (χ1v) is 10.1. The number of benzene rings is 1. The van der Waals surface area contributed by atoms with Crippen LogP contribution in [0.3, 0.4) is 0 Å². The Kier molecular flexibility index (Phi) is 5.38. The standard InChI is InChI=1S/C17H21N3O6S/c1-20-17(22)12(10-18-20)15(21)11-4-5-13(24-2)14(16(11)25-3)19-27(23)8-6-26-7-9-27/h4-5,10,18H,6-9H2,1-3H3. The molecule has 1 aliphatic rings. The van der Waals surface area contributed by atoms with Gasteiger partial charge in [-0.1, -0.05) is 0 Å². The highest BCUT2D eigenvalue weighted by Crippen LogP contribution is 2.41. The first kappa shape index (κ1) is 19.2. The third kappa shape index (κ3) is 3.62. The summed E-state index contributed by atoms with van der Waals surface area (Å²) in [6.45, 7) is 0.704. The molecule has 9 nitrogen and oxygen atoms in total. The summed E-state index contributed by atoms with van der Waals surface area (Å²) in [6.07, 6.45) is 1.34. The summed E-state index contributed by atoms with van der Waals surface area (Å²) in [6, 6.07) is 3.05. The van der Waals surface area contributed by atoms with E-state index in [0.29, 0.717) is 19.0 Å². The molecule has 146 valence electrons. The molecule has 10 heteroatoms. The van der Waals surface area contributed by atoms with Gasteiger partial charge in [0.05, 0.1) is 54.2 Å². The SMILES string of the molecule is COc1ccc(C(=O)c2c[nH]n(C)c2=O)c(OC)c1N=S1(=O)CCOCC1. The highest BCUT2D eigenvalue weighted by molar-refractivity contribution is 7.93. The van der Waals surface area contributed by atoms with Crippen LogP contribution in [0.2, 0.25) is 0 Å². The highest BCUT2D eigenvalue weighted by atomic mass is 32.2. The third-order valence-electron chi connectivity index (χ3n) is 4.30. The number of carbonyl (C=O) groups excluding carboxylic acids is 1. The lowest BCUT2D eigenvalue weighted by molar-refractivity contribution is 0.103. The predicted molar refractivity (Wildman–Crippen MR) is 99.8 cm³/mol. The summed E-state index contributed by atoms with van der Waals surface area (Å²) in [5.41, 5.74) is -0.136. The minimum atomic E-state index is -2.56. The molecule has 0 amide bonds. The molecule has 0 unspecified atom stereocenters. The number of methoxy groups -OCH3 is 2. The highest BCUT2D eigenvalue weighted by Gasteiger charge is 2.25. The van der Waals surface area contributed by atoms with Gasteiger partial charge in [-0.15, -0.1) is 0 Å². The maximum absolute atomic E-state index is 13.0. The van der Waals surface area contributed by atoms with E-state index in [4.69, 9.17) is 14.2 Å². The fourth-order valence-corrected chi connectivity index (χ4v) is 4.45. The van der Waals surface area contributed by atoms with Gasteiger partial charge in [0, 0.05) is 13.2 Å². The Morgan fingerprint density at radius 3 is 2.48 bits per heavy atom. The first-order valence-electron chi connectivity index (χ1n) is 8.24. The predicted octanol–water partition coefficient (Wildman–Crippen LogP) is 1.09. The number of carbonyl (C=O) groups is 1. The van der Waals surface area contributed by atoms with Gasteiger partial charge in [-0.25, -0.2) is 4.21 Å². The van der Waals surface area contributed by atoms with Crippen LogP contribution in [-0.2, 0) is 21.5 Å². The molecule has 1 N–H and O–H groups in total. The maximum Gasteiger partial charge on any atom is 0.277 e. The Morgan fingerprint density at radius 1 is 1.22 bits per heavy atom. The topological polar surface area (TPSA) is 112 Å². The molecule has 0 aliphatic carbocycles. The van der Waals surface area contributed by atoms with Gasteiger partial charge >= 0.3 is 0 Å². The minimum absolute atomic E-state index is 0.0258. The lowest BCUT2D eigenvalue weighted by Gasteiger charge is -2.18. The molecule has 1 aliphatic heterocycles. The Labute approximate surface area is 156 Å². The van der Waals surface area contributed by atoms with Crippen LogP contribution in [0.4, 0.5) is 5.69 Å². The molecule has 1 aromatic carbocycles. The van der Waals surface area contributed by atoms with E-state index < -0.39 is 21.1 Å². The molecule has 1 fully saturated rings. The molecule has 3 rings (SSSR count). The van der Waals surface area contributed by atoms with Crippen molar-refractivity contribution < 1.29 is 23.2 Å². The second-order valence-corrected chi connectivity index (χ2v) is 8.51. The molecule has 0 bridgehead atoms. The average Bonchev–Trinajstić information content (AvgIpc) is 3.00. The Morgan fingerprint density at radius 2 is 1.93 bits per heavy atom. The lowest BCUT2D eigenvalue weighted by atomic mass is 10.0. The van der Waals surface area contributed by atoms with Gasteiger partial charge in [0.15, 0.2) is 11.4 Å². The quantitative estimate of drug-likeness (QED) is 0.759. The van der Waals surface area contributed by atoms with Crippen LogP contribution in [0.1, 0.15) is 15.9 Å². The van der Waals surface area contributed by atoms with Crippen LogP contribution < -0.4 is 15.0 Å². The minimum Gasteiger partial charge on any atom is -0.494 e. The summed E-state index contributed by atoms with van der Waals surface area (Å²) in [4.78, 5) is 25.0. The largest absolute Gasteiger partial charge is 0.494 e. The number of nitrogens with zero attached hydrogens (tertiary/aromatic N) is 2. The van der Waals surface area contributed by atoms with E-state index in [2.05, 4.69) is 9.46 Å². The zero-order valence-electron chi connectivity index (χ0n) is 15.3. The van der Waals surface area contributed by atoms with E-state index in [1.165, 1.54) is 38.2 Å². The number of aryl methyl sites for hydroxylation is 1. The number of rotatable bonds is 5. The molecule has 27 heavy (non-hydrogen) atoms. The van der Waals surface area contributed by atoms with Crippen LogP contribution in [0.5, 0.6) is 11.5 Å². The zero-order valence-corrected chi connectivity index (χ0v) is 16.1. The molecule has 0 saturated carbocycles. The van der Waals surface area contributed by atoms with Gasteiger partial charge in [0.1, 0.15) is 11.3 Å². The monoisotopic (exact) mass is 395 g/mol. The number of aromatic amines is 1. The van der Waals surface area contributed by atoms with Crippen molar-refractivity contribution in [1.29, 1.82) is 0 Å². The summed E-state index contributed by atoms with van der Waals surface area (Å²) < 4.78 is 34.6. The van der Waals surface area contributed by atoms with Crippen molar-refractivity contribution in [2.24, 2.45) is 11.4 Å². The summed E-state index contributed by atoms with van der Waals surface area (Å²) >= 11 is 0. The van der Waals surface area contributed by atoms with Crippen molar-refractivity contribution in [2.45, 2.75) is 0 Å². The van der Waals surface area contributed by atoms with E-state index in [1.807, 2.05) is 0 Å². The lowest BCUT2D eigenvalue weighted by Crippen LogP contribution is -2.25. The molecule has 2 heterocycles. The van der Waals surface area contributed by atoms with Gasteiger partial charge in [-0.05, 0) is 12.1 Å². The molecule has 0 atom stereocenters. The maximum atomic E-state index is 13.0. The molecule has 1 aromatic heterocycles. The molecule has 2 aromatic rings. The fourth-order valence-electron chi connectivity index (χ4n) is 2.80. The fraction of sp³-hybridized carbons (Fsp3) is 0.412. The molecule has 0 radical (unpaired) electrons. The van der Waals surface area contributed by atoms with Gasteiger partial charge in [0.25, 0.3) is 5.56 Å². The number of ketones is 1. The second-order valence-electron chi connectivity index (χ2n) is 5.96. The number of H-pyrrole nitrogens is 1. The van der Waals surface area contributed by atoms with Crippen molar-refractivity contribution >= 4 is 21.2 Å². The average molecular weight is 395 g/mol. The number of ether oxygens (including phenoxy) is 3. The van der Waals surface area contributed by atoms with Gasteiger partial charge in [-0.2, -0.15) is 4.36 Å². The van der Waals surface area contributed by atoms with E-state index in [0.717, 1.165) is 0 Å². The second kappa shape index (κ2) is 7.57. The molecular weight excluding hydrogens is 374 g/mol. The summed E-state index contributed by atoms with van der Waals surface area (Å²) in [5, 5.41) is 2.67. The first-order chi connectivity index (χ1) is 12.9. The normalized spacial score (nSPS) is 16.0. The molecule has 0 spiro atoms. The Bertz CT molecular complexity index is 1030. The van der Waals surface area contributed by atoms with Crippen LogP contribution in [0.25, 0.3) is 0 Å². The Hall–Kier alpha value is -2.59. The van der Waals surface area contributed by atoms with Crippen molar-refractivity contribution in [3.05, 3.63) is 39.8 Å². The van der Waals surface area contributed by atoms with Crippen molar-refractivity contribution in [1.82, 2.24) is 9.78 Å². The number of hydrogen-bond acceptors (Lipinski definition) is 7. The van der Waals surface area contributed by atoms with Crippen molar-refractivity contribution in [2.75, 3.05) is 38.9 Å². The van der Waals surface area contributed by atoms with Crippen LogP contribution >= 0.6 is 0 Å². The van der Waals surface area contributed by atoms with E-state index in [1.54, 1.807) is 6.07 Å². The van der Waals surface area contributed by atoms with Gasteiger partial charge < -0.3 is 19.3 Å². The molecule has 1 saturated heterocycles. The van der Waals surface area contributed by atoms with Crippen LogP contribution in [-0.4, -0.2) is 58.7 Å². The number of aromatic nitrogens is 2. The number of nitrogens with one attached hydrogen (secondary N) is 1. The van der Waals surface area contributed by atoms with Crippen molar-refractivity contribution in [3.8, 4) is 11.5 Å². The summed E-state index contributed by atoms with van der Waals surface area (Å²) in [5.74, 6) is 0.511. The van der Waals surface area contributed by atoms with E-state index in [9.17, 15) is 13.8 Å². The third-order valence-corrected chi connectivity index (χ3v) is 6.42. The van der Waals surface area contributed by atoms with Gasteiger partial charge in [-0.3, -0.25) is 14.3 Å². The zero-order chi connectivity index (χ0) is 19.6.